The smallest absolute Gasteiger partial charge is 0.291 e. The number of rotatable bonds is 9. The Balaban J connectivity index is 1.13. The summed E-state index contributed by atoms with van der Waals surface area (Å²) in [7, 11) is 1.24. The van der Waals surface area contributed by atoms with Crippen molar-refractivity contribution in [3.05, 3.63) is 75.8 Å². The van der Waals surface area contributed by atoms with Crippen LogP contribution in [-0.2, 0) is 11.2 Å². The lowest BCUT2D eigenvalue weighted by atomic mass is 9.74. The number of hydrogen-bond donors (Lipinski definition) is 4. The lowest BCUT2D eigenvalue weighted by Crippen LogP contribution is -2.62. The number of carbonyl (C=O) groups is 3. The molecule has 0 bridgehead atoms. The maximum atomic E-state index is 14.3. The largest absolute Gasteiger partial charge is 0.494 e. The van der Waals surface area contributed by atoms with Crippen molar-refractivity contribution in [1.29, 1.82) is 0 Å². The van der Waals surface area contributed by atoms with Crippen molar-refractivity contribution in [2.24, 2.45) is 17.6 Å². The Morgan fingerprint density at radius 3 is 2.61 bits per heavy atom. The molecule has 2 aromatic carbocycles. The SMILES string of the molecule is COc1ccc(Cc2cnc(C(=O)Nc3ccc(C(=O)N4CC(NC(=O)C5CC(CN)C5)C4)c(Cl)c3)[nH]2)c(F)c1F. The average molecular weight is 587 g/mol. The second-order valence-corrected chi connectivity index (χ2v) is 10.7. The molecule has 1 aliphatic carbocycles. The van der Waals surface area contributed by atoms with Crippen LogP contribution in [0.25, 0.3) is 0 Å². The maximum absolute atomic E-state index is 14.3. The van der Waals surface area contributed by atoms with E-state index in [1.165, 1.54) is 37.6 Å². The number of imidazole rings is 1. The van der Waals surface area contributed by atoms with Crippen LogP contribution in [0.1, 0.15) is 45.1 Å². The minimum absolute atomic E-state index is 0.000630. The number of ether oxygens (including phenoxy) is 1. The van der Waals surface area contributed by atoms with E-state index in [1.54, 1.807) is 11.0 Å². The van der Waals surface area contributed by atoms with Crippen LogP contribution in [-0.4, -0.2) is 65.4 Å². The summed E-state index contributed by atoms with van der Waals surface area (Å²) in [4.78, 5) is 46.3. The lowest BCUT2D eigenvalue weighted by Gasteiger charge is -2.41. The molecule has 10 nitrogen and oxygen atoms in total. The van der Waals surface area contributed by atoms with Crippen LogP contribution in [0.15, 0.2) is 36.5 Å². The monoisotopic (exact) mass is 586 g/mol. The van der Waals surface area contributed by atoms with Crippen LogP contribution >= 0.6 is 11.6 Å². The molecule has 1 saturated heterocycles. The minimum Gasteiger partial charge on any atom is -0.494 e. The van der Waals surface area contributed by atoms with Crippen molar-refractivity contribution in [2.75, 3.05) is 32.1 Å². The second-order valence-electron chi connectivity index (χ2n) is 10.3. The Hall–Kier alpha value is -4.03. The fourth-order valence-corrected chi connectivity index (χ4v) is 5.22. The third kappa shape index (κ3) is 6.03. The van der Waals surface area contributed by atoms with Gasteiger partial charge in [0.15, 0.2) is 17.4 Å². The Labute approximate surface area is 239 Å². The van der Waals surface area contributed by atoms with Crippen molar-refractivity contribution in [3.8, 4) is 5.75 Å². The van der Waals surface area contributed by atoms with Gasteiger partial charge in [0.2, 0.25) is 11.7 Å². The Bertz CT molecular complexity index is 1490. The minimum atomic E-state index is -1.09. The summed E-state index contributed by atoms with van der Waals surface area (Å²) in [5, 5.41) is 5.78. The van der Waals surface area contributed by atoms with Gasteiger partial charge in [0, 0.05) is 43.0 Å². The molecule has 0 radical (unpaired) electrons. The molecule has 3 aromatic rings. The number of hydrogen-bond acceptors (Lipinski definition) is 6. The number of nitrogens with one attached hydrogen (secondary N) is 3. The number of amides is 3. The first-order valence-electron chi connectivity index (χ1n) is 13.1. The van der Waals surface area contributed by atoms with E-state index in [1.807, 2.05) is 0 Å². The molecule has 13 heteroatoms. The van der Waals surface area contributed by atoms with Crippen LogP contribution in [0, 0.1) is 23.5 Å². The molecule has 216 valence electrons. The van der Waals surface area contributed by atoms with E-state index in [-0.39, 0.29) is 57.9 Å². The van der Waals surface area contributed by atoms with Crippen molar-refractivity contribution < 1.29 is 27.9 Å². The predicted octanol–water partition coefficient (Wildman–Crippen LogP) is 3.12. The van der Waals surface area contributed by atoms with Gasteiger partial charge in [-0.3, -0.25) is 14.4 Å². The Morgan fingerprint density at radius 2 is 1.93 bits per heavy atom. The molecule has 1 saturated carbocycles. The van der Waals surface area contributed by atoms with Gasteiger partial charge in [0.25, 0.3) is 11.8 Å². The number of aromatic amines is 1. The number of benzene rings is 2. The molecule has 1 aromatic heterocycles. The van der Waals surface area contributed by atoms with Gasteiger partial charge in [0.1, 0.15) is 0 Å². The van der Waals surface area contributed by atoms with Gasteiger partial charge in [-0.1, -0.05) is 17.7 Å². The highest BCUT2D eigenvalue weighted by atomic mass is 35.5. The fraction of sp³-hybridized carbons (Fsp3) is 0.357. The van der Waals surface area contributed by atoms with E-state index < -0.39 is 17.5 Å². The molecule has 0 atom stereocenters. The van der Waals surface area contributed by atoms with Crippen molar-refractivity contribution >= 4 is 35.0 Å². The number of carbonyl (C=O) groups excluding carboxylic acids is 3. The molecule has 5 rings (SSSR count). The molecule has 41 heavy (non-hydrogen) atoms. The average Bonchev–Trinajstić information content (AvgIpc) is 3.37. The van der Waals surface area contributed by atoms with E-state index in [9.17, 15) is 23.2 Å². The summed E-state index contributed by atoms with van der Waals surface area (Å²) < 4.78 is 33.1. The Kier molecular flexibility index (Phi) is 8.22. The number of aromatic nitrogens is 2. The van der Waals surface area contributed by atoms with Gasteiger partial charge in [-0.05, 0) is 55.1 Å². The van der Waals surface area contributed by atoms with Crippen LogP contribution in [0.3, 0.4) is 0 Å². The molecular formula is C28H29ClF2N6O4. The molecule has 1 aliphatic heterocycles. The zero-order valence-corrected chi connectivity index (χ0v) is 22.9. The first kappa shape index (κ1) is 28.5. The van der Waals surface area contributed by atoms with Crippen molar-refractivity contribution in [3.63, 3.8) is 0 Å². The number of nitrogens with zero attached hydrogens (tertiary/aromatic N) is 2. The normalized spacial score (nSPS) is 18.3. The topological polar surface area (TPSA) is 142 Å². The third-order valence-corrected chi connectivity index (χ3v) is 7.80. The van der Waals surface area contributed by atoms with Crippen molar-refractivity contribution in [2.45, 2.75) is 25.3 Å². The molecule has 2 aliphatic rings. The van der Waals surface area contributed by atoms with Crippen molar-refractivity contribution in [1.82, 2.24) is 20.2 Å². The highest BCUT2D eigenvalue weighted by Crippen LogP contribution is 2.33. The standard InChI is InChI=1S/C28H29ClF2N6O4/c1-41-22-5-2-15(23(30)24(22)31)8-18-11-33-25(34-18)27(39)35-17-3-4-20(21(29)9-17)28(40)37-12-19(13-37)36-26(38)16-6-14(7-16)10-32/h2-5,9,11,14,16,19H,6-8,10,12-13,32H2,1H3,(H,33,34)(H,35,39)(H,36,38). The van der Waals surface area contributed by atoms with Gasteiger partial charge in [-0.15, -0.1) is 0 Å². The first-order valence-corrected chi connectivity index (χ1v) is 13.5. The van der Waals surface area contributed by atoms with E-state index in [2.05, 4.69) is 20.6 Å². The zero-order chi connectivity index (χ0) is 29.3. The van der Waals surface area contributed by atoms with Gasteiger partial charge in [-0.25, -0.2) is 9.37 Å². The lowest BCUT2D eigenvalue weighted by molar-refractivity contribution is -0.130. The Morgan fingerprint density at radius 1 is 1.17 bits per heavy atom. The quantitative estimate of drug-likeness (QED) is 0.303. The second kappa shape index (κ2) is 11.8. The predicted molar refractivity (Wildman–Crippen MR) is 147 cm³/mol. The molecule has 0 unspecified atom stereocenters. The van der Waals surface area contributed by atoms with Gasteiger partial charge >= 0.3 is 0 Å². The number of H-pyrrole nitrogens is 1. The first-order chi connectivity index (χ1) is 19.7. The number of halogens is 3. The van der Waals surface area contributed by atoms with Gasteiger partial charge < -0.3 is 31.0 Å². The third-order valence-electron chi connectivity index (χ3n) is 7.48. The fourth-order valence-electron chi connectivity index (χ4n) is 4.96. The summed E-state index contributed by atoms with van der Waals surface area (Å²) in [6, 6.07) is 7.13. The number of nitrogens with two attached hydrogens (primary N) is 1. The highest BCUT2D eigenvalue weighted by Gasteiger charge is 2.38. The van der Waals surface area contributed by atoms with E-state index in [4.69, 9.17) is 22.1 Å². The van der Waals surface area contributed by atoms with Gasteiger partial charge in [0.05, 0.1) is 23.7 Å². The zero-order valence-electron chi connectivity index (χ0n) is 22.2. The van der Waals surface area contributed by atoms with E-state index in [0.29, 0.717) is 36.9 Å². The number of anilines is 1. The van der Waals surface area contributed by atoms with Crippen LogP contribution in [0.2, 0.25) is 5.02 Å². The molecule has 0 spiro atoms. The molecule has 5 N–H and O–H groups in total. The summed E-state index contributed by atoms with van der Waals surface area (Å²) >= 11 is 6.36. The van der Waals surface area contributed by atoms with Crippen LogP contribution < -0.4 is 21.1 Å². The highest BCUT2D eigenvalue weighted by molar-refractivity contribution is 6.34. The van der Waals surface area contributed by atoms with Gasteiger partial charge in [-0.2, -0.15) is 4.39 Å². The maximum Gasteiger partial charge on any atom is 0.291 e. The molecule has 2 heterocycles. The molecule has 3 amide bonds. The summed E-state index contributed by atoms with van der Waals surface area (Å²) in [5.74, 6) is -2.81. The summed E-state index contributed by atoms with van der Waals surface area (Å²) in [6.45, 7) is 1.38. The van der Waals surface area contributed by atoms with E-state index >= 15 is 0 Å². The molecule has 2 fully saturated rings. The number of likely N-dealkylation sites (tertiary alicyclic amines) is 1. The number of methoxy groups -OCH3 is 1. The summed E-state index contributed by atoms with van der Waals surface area (Å²) in [6.07, 6.45) is 2.95. The van der Waals surface area contributed by atoms with Crippen LogP contribution in [0.4, 0.5) is 14.5 Å². The summed E-state index contributed by atoms with van der Waals surface area (Å²) in [5.41, 5.74) is 6.69. The molecular weight excluding hydrogens is 558 g/mol. The van der Waals surface area contributed by atoms with E-state index in [0.717, 1.165) is 12.8 Å². The van der Waals surface area contributed by atoms with Crippen LogP contribution in [0.5, 0.6) is 5.75 Å².